The van der Waals surface area contributed by atoms with Crippen LogP contribution in [-0.2, 0) is 4.74 Å². The number of nitrogens with zero attached hydrogens (tertiary/aromatic N) is 1. The lowest BCUT2D eigenvalue weighted by Crippen LogP contribution is -2.53. The third kappa shape index (κ3) is 5.14. The van der Waals surface area contributed by atoms with Gasteiger partial charge in [0.05, 0.1) is 6.42 Å². The first-order valence-corrected chi connectivity index (χ1v) is 5.43. The van der Waals surface area contributed by atoms with E-state index >= 15 is 0 Å². The van der Waals surface area contributed by atoms with Crippen LogP contribution in [0.15, 0.2) is 0 Å². The van der Waals surface area contributed by atoms with Crippen molar-refractivity contribution < 1.29 is 17.9 Å². The van der Waals surface area contributed by atoms with Gasteiger partial charge >= 0.3 is 6.18 Å². The molecule has 0 aromatic carbocycles. The third-order valence-electron chi connectivity index (χ3n) is 2.85. The molecule has 0 atom stereocenters. The molecule has 0 aromatic rings. The van der Waals surface area contributed by atoms with E-state index < -0.39 is 18.1 Å². The molecule has 16 heavy (non-hydrogen) atoms. The Morgan fingerprint density at radius 1 is 1.31 bits per heavy atom. The lowest BCUT2D eigenvalue weighted by atomic mass is 9.91. The molecule has 1 aliphatic heterocycles. The van der Waals surface area contributed by atoms with E-state index in [1.54, 1.807) is 11.9 Å². The normalized spacial score (nSPS) is 21.4. The standard InChI is InChI=1S/C10H19F3N2O/c1-15(5-2-10(11,12)13)8-9(14)3-6-16-7-4-9/h2-8,14H2,1H3. The minimum Gasteiger partial charge on any atom is -0.381 e. The van der Waals surface area contributed by atoms with Gasteiger partial charge in [0, 0.05) is 31.8 Å². The summed E-state index contributed by atoms with van der Waals surface area (Å²) >= 11 is 0. The zero-order chi connectivity index (χ0) is 12.2. The molecule has 0 saturated carbocycles. The molecule has 1 rings (SSSR count). The van der Waals surface area contributed by atoms with Gasteiger partial charge in [0.25, 0.3) is 0 Å². The average Bonchev–Trinajstić information content (AvgIpc) is 2.14. The number of hydrogen-bond donors (Lipinski definition) is 1. The predicted octanol–water partition coefficient (Wildman–Crippen LogP) is 1.38. The van der Waals surface area contributed by atoms with Crippen LogP contribution >= 0.6 is 0 Å². The fraction of sp³-hybridized carbons (Fsp3) is 1.00. The summed E-state index contributed by atoms with van der Waals surface area (Å²) < 4.78 is 41.2. The molecular formula is C10H19F3N2O. The fourth-order valence-corrected chi connectivity index (χ4v) is 1.87. The van der Waals surface area contributed by atoms with Crippen LogP contribution in [0.2, 0.25) is 0 Å². The predicted molar refractivity (Wildman–Crippen MR) is 55.1 cm³/mol. The third-order valence-corrected chi connectivity index (χ3v) is 2.85. The Hall–Kier alpha value is -0.330. The lowest BCUT2D eigenvalue weighted by Gasteiger charge is -2.36. The highest BCUT2D eigenvalue weighted by Gasteiger charge is 2.31. The van der Waals surface area contributed by atoms with Crippen molar-refractivity contribution in [1.29, 1.82) is 0 Å². The van der Waals surface area contributed by atoms with E-state index in [2.05, 4.69) is 0 Å². The van der Waals surface area contributed by atoms with Gasteiger partial charge in [-0.15, -0.1) is 0 Å². The van der Waals surface area contributed by atoms with Gasteiger partial charge in [-0.05, 0) is 19.9 Å². The van der Waals surface area contributed by atoms with Crippen molar-refractivity contribution in [3.05, 3.63) is 0 Å². The van der Waals surface area contributed by atoms with Crippen LogP contribution in [0.3, 0.4) is 0 Å². The number of nitrogens with two attached hydrogens (primary N) is 1. The van der Waals surface area contributed by atoms with Gasteiger partial charge in [-0.2, -0.15) is 13.2 Å². The monoisotopic (exact) mass is 240 g/mol. The second-order valence-corrected chi connectivity index (χ2v) is 4.58. The van der Waals surface area contributed by atoms with Crippen LogP contribution in [0.1, 0.15) is 19.3 Å². The molecule has 96 valence electrons. The maximum atomic E-state index is 12.0. The van der Waals surface area contributed by atoms with Gasteiger partial charge in [-0.3, -0.25) is 0 Å². The summed E-state index contributed by atoms with van der Waals surface area (Å²) in [6.45, 7) is 1.70. The molecule has 0 aliphatic carbocycles. The molecule has 3 nitrogen and oxygen atoms in total. The van der Waals surface area contributed by atoms with Crippen molar-refractivity contribution in [2.75, 3.05) is 33.4 Å². The van der Waals surface area contributed by atoms with Crippen molar-refractivity contribution >= 4 is 0 Å². The van der Waals surface area contributed by atoms with E-state index in [-0.39, 0.29) is 6.54 Å². The molecule has 0 amide bonds. The minimum absolute atomic E-state index is 0.00328. The van der Waals surface area contributed by atoms with Crippen molar-refractivity contribution in [2.45, 2.75) is 31.0 Å². The average molecular weight is 240 g/mol. The molecule has 6 heteroatoms. The topological polar surface area (TPSA) is 38.5 Å². The first-order valence-electron chi connectivity index (χ1n) is 5.43. The number of likely N-dealkylation sites (N-methyl/N-ethyl adjacent to an activating group) is 1. The minimum atomic E-state index is -4.09. The van der Waals surface area contributed by atoms with Crippen molar-refractivity contribution in [3.63, 3.8) is 0 Å². The van der Waals surface area contributed by atoms with Crippen LogP contribution in [-0.4, -0.2) is 50.0 Å². The summed E-state index contributed by atoms with van der Waals surface area (Å²) in [5.41, 5.74) is 5.71. The summed E-state index contributed by atoms with van der Waals surface area (Å²) in [7, 11) is 1.68. The molecule has 0 radical (unpaired) electrons. The summed E-state index contributed by atoms with van der Waals surface area (Å²) in [6.07, 6.45) is -3.45. The first-order chi connectivity index (χ1) is 7.31. The van der Waals surface area contributed by atoms with Gasteiger partial charge in [-0.25, -0.2) is 0 Å². The highest BCUT2D eigenvalue weighted by molar-refractivity contribution is 4.89. The maximum Gasteiger partial charge on any atom is 0.390 e. The summed E-state index contributed by atoms with van der Waals surface area (Å²) in [4.78, 5) is 1.65. The number of alkyl halides is 3. The van der Waals surface area contributed by atoms with E-state index in [1.165, 1.54) is 0 Å². The highest BCUT2D eigenvalue weighted by Crippen LogP contribution is 2.22. The molecular weight excluding hydrogens is 221 g/mol. The molecule has 1 fully saturated rings. The van der Waals surface area contributed by atoms with Crippen molar-refractivity contribution in [1.82, 2.24) is 4.90 Å². The van der Waals surface area contributed by atoms with Gasteiger partial charge in [0.15, 0.2) is 0 Å². The highest BCUT2D eigenvalue weighted by atomic mass is 19.4. The SMILES string of the molecule is CN(CCC(F)(F)F)CC1(N)CCOCC1. The smallest absolute Gasteiger partial charge is 0.381 e. The van der Waals surface area contributed by atoms with E-state index in [1.807, 2.05) is 0 Å². The van der Waals surface area contributed by atoms with Crippen LogP contribution < -0.4 is 5.73 Å². The van der Waals surface area contributed by atoms with Gasteiger partial charge in [0.2, 0.25) is 0 Å². The Bertz CT molecular complexity index is 215. The molecule has 0 spiro atoms. The van der Waals surface area contributed by atoms with E-state index in [0.29, 0.717) is 32.6 Å². The fourth-order valence-electron chi connectivity index (χ4n) is 1.87. The van der Waals surface area contributed by atoms with Crippen molar-refractivity contribution in [2.24, 2.45) is 5.73 Å². The van der Waals surface area contributed by atoms with Crippen LogP contribution in [0.5, 0.6) is 0 Å². The van der Waals surface area contributed by atoms with Gasteiger partial charge in [0.1, 0.15) is 0 Å². The Kier molecular flexibility index (Phi) is 4.58. The summed E-state index contributed by atoms with van der Waals surface area (Å²) in [5, 5.41) is 0. The summed E-state index contributed by atoms with van der Waals surface area (Å²) in [6, 6.07) is 0. The van der Waals surface area contributed by atoms with E-state index in [4.69, 9.17) is 10.5 Å². The molecule has 1 saturated heterocycles. The molecule has 2 N–H and O–H groups in total. The number of halogens is 3. The molecule has 1 heterocycles. The maximum absolute atomic E-state index is 12.0. The first kappa shape index (κ1) is 13.7. The second kappa shape index (κ2) is 5.33. The lowest BCUT2D eigenvalue weighted by molar-refractivity contribution is -0.137. The van der Waals surface area contributed by atoms with Crippen LogP contribution in [0, 0.1) is 0 Å². The summed E-state index contributed by atoms with van der Waals surface area (Å²) in [5.74, 6) is 0. The van der Waals surface area contributed by atoms with Gasteiger partial charge < -0.3 is 15.4 Å². The Morgan fingerprint density at radius 2 is 1.88 bits per heavy atom. The molecule has 0 unspecified atom stereocenters. The zero-order valence-electron chi connectivity index (χ0n) is 9.52. The quantitative estimate of drug-likeness (QED) is 0.806. The van der Waals surface area contributed by atoms with Crippen molar-refractivity contribution in [3.8, 4) is 0 Å². The van der Waals surface area contributed by atoms with E-state index in [9.17, 15) is 13.2 Å². The largest absolute Gasteiger partial charge is 0.390 e. The second-order valence-electron chi connectivity index (χ2n) is 4.58. The molecule has 1 aliphatic rings. The Morgan fingerprint density at radius 3 is 2.38 bits per heavy atom. The zero-order valence-corrected chi connectivity index (χ0v) is 9.52. The van der Waals surface area contributed by atoms with Crippen LogP contribution in [0.4, 0.5) is 13.2 Å². The molecule has 0 aromatic heterocycles. The number of hydrogen-bond acceptors (Lipinski definition) is 3. The number of ether oxygens (including phenoxy) is 1. The Labute approximate surface area is 93.7 Å². The number of rotatable bonds is 4. The van der Waals surface area contributed by atoms with E-state index in [0.717, 1.165) is 0 Å². The molecule has 0 bridgehead atoms. The van der Waals surface area contributed by atoms with Gasteiger partial charge in [-0.1, -0.05) is 0 Å². The Balaban J connectivity index is 2.29. The van der Waals surface area contributed by atoms with Crippen LogP contribution in [0.25, 0.3) is 0 Å².